The third-order valence-corrected chi connectivity index (χ3v) is 5.44. The number of nitrogens with two attached hydrogens (primary N) is 1. The highest BCUT2D eigenvalue weighted by atomic mass is 16.1. The number of unbranched alkanes of at least 4 members (excludes halogenated alkanes) is 1. The maximum absolute atomic E-state index is 12.1. The fraction of sp³-hybridized carbons (Fsp3) is 0.200. The number of nitriles is 1. The summed E-state index contributed by atoms with van der Waals surface area (Å²) in [6.07, 6.45) is 3.32. The predicted octanol–water partition coefficient (Wildman–Crippen LogP) is 5.16. The predicted molar refractivity (Wildman–Crippen MR) is 117 cm³/mol. The maximum atomic E-state index is 12.1. The lowest BCUT2D eigenvalue weighted by atomic mass is 10.0. The molecule has 2 N–H and O–H groups in total. The molecule has 0 bridgehead atoms. The topological polar surface area (TPSA) is 71.8 Å². The van der Waals surface area contributed by atoms with Crippen LogP contribution >= 0.6 is 0 Å². The Kier molecular flexibility index (Phi) is 5.05. The molecule has 0 radical (unpaired) electrons. The van der Waals surface area contributed by atoms with E-state index in [0.29, 0.717) is 17.7 Å². The van der Waals surface area contributed by atoms with Crippen LogP contribution in [-0.4, -0.2) is 10.5 Å². The van der Waals surface area contributed by atoms with Crippen LogP contribution in [0.25, 0.3) is 21.8 Å². The van der Waals surface area contributed by atoms with E-state index in [4.69, 9.17) is 5.73 Å². The molecule has 0 spiro atoms. The standard InChI is InChI=1S/C25H23N3O/c1-2-3-6-17-11-12-20-23(14-17)28(16-19-8-4-7-18(13-19)15-26)22-10-5-9-21(24(20)22)25(27)29/h4-5,7-14H,2-3,6,16H2,1H3,(H2,27,29). The van der Waals surface area contributed by atoms with Crippen molar-refractivity contribution in [1.82, 2.24) is 4.57 Å². The van der Waals surface area contributed by atoms with Crippen molar-refractivity contribution >= 4 is 27.7 Å². The van der Waals surface area contributed by atoms with Crippen molar-refractivity contribution in [2.75, 3.05) is 0 Å². The first-order valence-corrected chi connectivity index (χ1v) is 9.95. The van der Waals surface area contributed by atoms with Crippen LogP contribution in [0.2, 0.25) is 0 Å². The van der Waals surface area contributed by atoms with Crippen LogP contribution in [-0.2, 0) is 13.0 Å². The van der Waals surface area contributed by atoms with E-state index in [2.05, 4.69) is 35.8 Å². The van der Waals surface area contributed by atoms with E-state index < -0.39 is 5.91 Å². The summed E-state index contributed by atoms with van der Waals surface area (Å²) >= 11 is 0. The second-order valence-electron chi connectivity index (χ2n) is 7.42. The lowest BCUT2D eigenvalue weighted by Gasteiger charge is -2.09. The average Bonchev–Trinajstić information content (AvgIpc) is 3.05. The third-order valence-electron chi connectivity index (χ3n) is 5.44. The Labute approximate surface area is 170 Å². The second-order valence-corrected chi connectivity index (χ2v) is 7.42. The van der Waals surface area contributed by atoms with Gasteiger partial charge in [-0.3, -0.25) is 4.79 Å². The van der Waals surface area contributed by atoms with Crippen molar-refractivity contribution in [3.8, 4) is 6.07 Å². The molecule has 0 atom stereocenters. The van der Waals surface area contributed by atoms with Gasteiger partial charge in [0.1, 0.15) is 0 Å². The van der Waals surface area contributed by atoms with Gasteiger partial charge in [0.05, 0.1) is 17.1 Å². The first-order chi connectivity index (χ1) is 14.1. The summed E-state index contributed by atoms with van der Waals surface area (Å²) in [7, 11) is 0. The highest BCUT2D eigenvalue weighted by molar-refractivity contribution is 6.18. The molecule has 29 heavy (non-hydrogen) atoms. The van der Waals surface area contributed by atoms with E-state index in [1.165, 1.54) is 5.56 Å². The molecule has 1 aromatic heterocycles. The number of carbonyl (C=O) groups excluding carboxylic acids is 1. The van der Waals surface area contributed by atoms with Gasteiger partial charge in [-0.05, 0) is 54.3 Å². The fourth-order valence-corrected chi connectivity index (χ4v) is 4.02. The molecule has 0 unspecified atom stereocenters. The van der Waals surface area contributed by atoms with E-state index in [1.54, 1.807) is 6.07 Å². The molecule has 0 aliphatic rings. The number of rotatable bonds is 6. The molecule has 1 amide bonds. The summed E-state index contributed by atoms with van der Waals surface area (Å²) < 4.78 is 2.23. The van der Waals surface area contributed by atoms with Gasteiger partial charge in [-0.15, -0.1) is 0 Å². The lowest BCUT2D eigenvalue weighted by Crippen LogP contribution is -2.11. The molecule has 4 heteroatoms. The van der Waals surface area contributed by atoms with E-state index in [0.717, 1.165) is 46.6 Å². The van der Waals surface area contributed by atoms with Crippen LogP contribution in [0.15, 0.2) is 60.7 Å². The van der Waals surface area contributed by atoms with Crippen molar-refractivity contribution in [3.63, 3.8) is 0 Å². The summed E-state index contributed by atoms with van der Waals surface area (Å²) in [6.45, 7) is 2.81. The largest absolute Gasteiger partial charge is 0.366 e. The molecule has 4 rings (SSSR count). The Hall–Kier alpha value is -3.58. The maximum Gasteiger partial charge on any atom is 0.249 e. The highest BCUT2D eigenvalue weighted by Gasteiger charge is 2.17. The lowest BCUT2D eigenvalue weighted by molar-refractivity contribution is 0.100. The molecule has 0 saturated carbocycles. The first kappa shape index (κ1) is 18.8. The van der Waals surface area contributed by atoms with Gasteiger partial charge in [-0.1, -0.05) is 43.7 Å². The normalized spacial score (nSPS) is 11.0. The fourth-order valence-electron chi connectivity index (χ4n) is 4.02. The number of carbonyl (C=O) groups is 1. The third kappa shape index (κ3) is 3.48. The van der Waals surface area contributed by atoms with Gasteiger partial charge in [-0.25, -0.2) is 0 Å². The zero-order chi connectivity index (χ0) is 20.4. The smallest absolute Gasteiger partial charge is 0.249 e. The molecule has 0 saturated heterocycles. The number of nitrogens with zero attached hydrogens (tertiary/aromatic N) is 2. The van der Waals surface area contributed by atoms with Gasteiger partial charge >= 0.3 is 0 Å². The van der Waals surface area contributed by atoms with Crippen LogP contribution in [0.3, 0.4) is 0 Å². The monoisotopic (exact) mass is 381 g/mol. The second kappa shape index (κ2) is 7.81. The Morgan fingerprint density at radius 3 is 2.62 bits per heavy atom. The Balaban J connectivity index is 1.97. The first-order valence-electron chi connectivity index (χ1n) is 9.95. The average molecular weight is 381 g/mol. The summed E-state index contributed by atoms with van der Waals surface area (Å²) in [5.74, 6) is -0.420. The summed E-state index contributed by atoms with van der Waals surface area (Å²) in [6, 6.07) is 22.0. The van der Waals surface area contributed by atoms with E-state index in [9.17, 15) is 10.1 Å². The Morgan fingerprint density at radius 2 is 1.86 bits per heavy atom. The number of aryl methyl sites for hydroxylation is 1. The summed E-state index contributed by atoms with van der Waals surface area (Å²) in [4.78, 5) is 12.1. The highest BCUT2D eigenvalue weighted by Crippen LogP contribution is 2.33. The van der Waals surface area contributed by atoms with Gasteiger partial charge in [0.15, 0.2) is 0 Å². The molecule has 0 aliphatic carbocycles. The van der Waals surface area contributed by atoms with Crippen molar-refractivity contribution < 1.29 is 4.79 Å². The van der Waals surface area contributed by atoms with Crippen molar-refractivity contribution in [2.45, 2.75) is 32.7 Å². The summed E-state index contributed by atoms with van der Waals surface area (Å²) in [5.41, 5.74) is 11.3. The Morgan fingerprint density at radius 1 is 1.03 bits per heavy atom. The molecule has 4 nitrogen and oxygen atoms in total. The van der Waals surface area contributed by atoms with Crippen molar-refractivity contribution in [3.05, 3.63) is 82.9 Å². The molecule has 0 aliphatic heterocycles. The van der Waals surface area contributed by atoms with Gasteiger partial charge in [0, 0.05) is 28.4 Å². The SMILES string of the molecule is CCCCc1ccc2c3c(C(N)=O)cccc3n(Cc3cccc(C#N)c3)c2c1. The number of amides is 1. The van der Waals surface area contributed by atoms with Gasteiger partial charge in [-0.2, -0.15) is 5.26 Å². The van der Waals surface area contributed by atoms with Gasteiger partial charge in [0.2, 0.25) is 5.91 Å². The number of hydrogen-bond acceptors (Lipinski definition) is 2. The summed E-state index contributed by atoms with van der Waals surface area (Å²) in [5, 5.41) is 11.2. The number of benzene rings is 3. The number of hydrogen-bond donors (Lipinski definition) is 1. The van der Waals surface area contributed by atoms with Crippen LogP contribution in [0, 0.1) is 11.3 Å². The zero-order valence-electron chi connectivity index (χ0n) is 16.5. The van der Waals surface area contributed by atoms with E-state index in [1.807, 2.05) is 36.4 Å². The van der Waals surface area contributed by atoms with Crippen LogP contribution in [0.1, 0.15) is 46.8 Å². The number of aromatic nitrogens is 1. The molecule has 144 valence electrons. The van der Waals surface area contributed by atoms with Gasteiger partial charge < -0.3 is 10.3 Å². The number of fused-ring (bicyclic) bond motifs is 3. The van der Waals surface area contributed by atoms with Crippen molar-refractivity contribution in [1.29, 1.82) is 5.26 Å². The quantitative estimate of drug-likeness (QED) is 0.501. The number of primary amides is 1. The van der Waals surface area contributed by atoms with Gasteiger partial charge in [0.25, 0.3) is 0 Å². The van der Waals surface area contributed by atoms with Crippen LogP contribution in [0.4, 0.5) is 0 Å². The minimum atomic E-state index is -0.420. The minimum Gasteiger partial charge on any atom is -0.366 e. The van der Waals surface area contributed by atoms with E-state index in [-0.39, 0.29) is 0 Å². The molecule has 4 aromatic rings. The van der Waals surface area contributed by atoms with Crippen LogP contribution < -0.4 is 5.73 Å². The molecule has 0 fully saturated rings. The zero-order valence-corrected chi connectivity index (χ0v) is 16.5. The molecular weight excluding hydrogens is 358 g/mol. The van der Waals surface area contributed by atoms with E-state index >= 15 is 0 Å². The molecule has 1 heterocycles. The van der Waals surface area contributed by atoms with Crippen LogP contribution in [0.5, 0.6) is 0 Å². The minimum absolute atomic E-state index is 0.420. The molecule has 3 aromatic carbocycles. The van der Waals surface area contributed by atoms with Crippen molar-refractivity contribution in [2.24, 2.45) is 5.73 Å². The Bertz CT molecular complexity index is 1260. The molecular formula is C25H23N3O.